The van der Waals surface area contributed by atoms with E-state index in [1.165, 1.54) is 24.2 Å². The average molecular weight is 724 g/mol. The molecule has 1 aliphatic heterocycles. The molecule has 6 rings (SSSR count). The minimum atomic E-state index is -1.22. The zero-order valence-electron chi connectivity index (χ0n) is 31.4. The van der Waals surface area contributed by atoms with Gasteiger partial charge in [0, 0.05) is 48.9 Å². The Morgan fingerprint density at radius 3 is 2.45 bits per heavy atom. The number of carbonyl (C=O) groups is 4. The van der Waals surface area contributed by atoms with Crippen molar-refractivity contribution >= 4 is 34.5 Å². The molecule has 2 heterocycles. The van der Waals surface area contributed by atoms with Gasteiger partial charge in [-0.25, -0.2) is 4.98 Å². The lowest BCUT2D eigenvalue weighted by Crippen LogP contribution is -2.46. The molecule has 1 aromatic heterocycles. The van der Waals surface area contributed by atoms with Gasteiger partial charge in [0.1, 0.15) is 17.6 Å². The number of amides is 2. The van der Waals surface area contributed by atoms with Gasteiger partial charge in [0.2, 0.25) is 11.8 Å². The van der Waals surface area contributed by atoms with Gasteiger partial charge < -0.3 is 24.8 Å². The van der Waals surface area contributed by atoms with E-state index in [4.69, 9.17) is 14.5 Å². The monoisotopic (exact) mass is 723 g/mol. The molecule has 1 saturated heterocycles. The first-order chi connectivity index (χ1) is 25.3. The third kappa shape index (κ3) is 8.42. The van der Waals surface area contributed by atoms with Crippen molar-refractivity contribution in [2.45, 2.75) is 90.7 Å². The average Bonchev–Trinajstić information content (AvgIpc) is 3.71. The van der Waals surface area contributed by atoms with Gasteiger partial charge in [-0.2, -0.15) is 0 Å². The first-order valence-corrected chi connectivity index (χ1v) is 19.0. The van der Waals surface area contributed by atoms with E-state index in [9.17, 15) is 24.3 Å². The van der Waals surface area contributed by atoms with Crippen molar-refractivity contribution in [1.82, 2.24) is 15.2 Å². The number of ketones is 1. The quantitative estimate of drug-likeness (QED) is 0.166. The number of fused-ring (bicyclic) bond motifs is 1. The molecule has 2 saturated carbocycles. The summed E-state index contributed by atoms with van der Waals surface area (Å²) < 4.78 is 12.2. The summed E-state index contributed by atoms with van der Waals surface area (Å²) in [4.78, 5) is 61.0. The van der Waals surface area contributed by atoms with Crippen molar-refractivity contribution in [1.29, 1.82) is 0 Å². The number of hydrogen-bond donors (Lipinski definition) is 2. The second-order valence-electron chi connectivity index (χ2n) is 16.3. The Morgan fingerprint density at radius 1 is 1.08 bits per heavy atom. The summed E-state index contributed by atoms with van der Waals surface area (Å²) in [5, 5.41) is 14.0. The van der Waals surface area contributed by atoms with Crippen LogP contribution in [0.4, 0.5) is 0 Å². The SMILES string of the molecule is C=CC1C[C@]1(CC(=O)[C@@H]1C[C@@H](Oc2cc(-c3ccccc3)nc3cc(OC)ccc23)CN1C(=O)C[C@H](C(=O)NCC1CCCCC1)C(C)(C)C)C(=O)O. The molecule has 2 N–H and O–H groups in total. The molecule has 3 aromatic rings. The van der Waals surface area contributed by atoms with Gasteiger partial charge in [0.05, 0.1) is 42.2 Å². The smallest absolute Gasteiger partial charge is 0.310 e. The highest BCUT2D eigenvalue weighted by molar-refractivity contribution is 5.95. The van der Waals surface area contributed by atoms with Crippen LogP contribution in [0.2, 0.25) is 0 Å². The largest absolute Gasteiger partial charge is 0.497 e. The predicted molar refractivity (Wildman–Crippen MR) is 203 cm³/mol. The van der Waals surface area contributed by atoms with Crippen molar-refractivity contribution in [3.05, 3.63) is 67.3 Å². The number of likely N-dealkylation sites (tertiary alicyclic amines) is 1. The molecule has 0 bridgehead atoms. The Kier molecular flexibility index (Phi) is 11.3. The van der Waals surface area contributed by atoms with E-state index in [1.54, 1.807) is 13.2 Å². The highest BCUT2D eigenvalue weighted by Crippen LogP contribution is 2.56. The summed E-state index contributed by atoms with van der Waals surface area (Å²) in [5.74, 6) is -1.13. The number of nitrogens with one attached hydrogen (secondary N) is 1. The molecule has 2 aliphatic carbocycles. The summed E-state index contributed by atoms with van der Waals surface area (Å²) in [5.41, 5.74) is 0.516. The van der Waals surface area contributed by atoms with E-state index in [1.807, 2.05) is 75.4 Å². The lowest BCUT2D eigenvalue weighted by molar-refractivity contribution is -0.147. The van der Waals surface area contributed by atoms with Crippen LogP contribution >= 0.6 is 0 Å². The number of rotatable bonds is 14. The number of allylic oxidation sites excluding steroid dienone is 1. The molecule has 0 radical (unpaired) electrons. The van der Waals surface area contributed by atoms with E-state index in [0.717, 1.165) is 23.8 Å². The van der Waals surface area contributed by atoms with Crippen molar-refractivity contribution in [3.63, 3.8) is 0 Å². The minimum absolute atomic E-state index is 0.0774. The third-order valence-electron chi connectivity index (χ3n) is 11.7. The number of nitrogens with zero attached hydrogens (tertiary/aromatic N) is 2. The van der Waals surface area contributed by atoms with Crippen molar-refractivity contribution in [2.24, 2.45) is 28.6 Å². The second-order valence-corrected chi connectivity index (χ2v) is 16.3. The minimum Gasteiger partial charge on any atom is -0.497 e. The van der Waals surface area contributed by atoms with Gasteiger partial charge in [-0.3, -0.25) is 19.2 Å². The Morgan fingerprint density at radius 2 is 1.81 bits per heavy atom. The maximum Gasteiger partial charge on any atom is 0.310 e. The number of aliphatic carboxylic acids is 1. The van der Waals surface area contributed by atoms with Gasteiger partial charge >= 0.3 is 5.97 Å². The van der Waals surface area contributed by atoms with Crippen LogP contribution < -0.4 is 14.8 Å². The molecule has 0 spiro atoms. The first kappa shape index (κ1) is 38.0. The van der Waals surface area contributed by atoms with Crippen molar-refractivity contribution < 1.29 is 33.8 Å². The van der Waals surface area contributed by atoms with Gasteiger partial charge in [-0.1, -0.05) is 76.4 Å². The Labute approximate surface area is 312 Å². The van der Waals surface area contributed by atoms with Gasteiger partial charge in [-0.05, 0) is 48.6 Å². The fourth-order valence-electron chi connectivity index (χ4n) is 8.24. The topological polar surface area (TPSA) is 135 Å². The molecule has 53 heavy (non-hydrogen) atoms. The molecule has 1 unspecified atom stereocenters. The lowest BCUT2D eigenvalue weighted by Gasteiger charge is -2.33. The molecular weight excluding hydrogens is 670 g/mol. The number of methoxy groups -OCH3 is 1. The molecule has 3 aliphatic rings. The van der Waals surface area contributed by atoms with Gasteiger partial charge in [-0.15, -0.1) is 6.58 Å². The van der Waals surface area contributed by atoms with Crippen LogP contribution in [0.3, 0.4) is 0 Å². The van der Waals surface area contributed by atoms with E-state index in [-0.39, 0.29) is 49.3 Å². The summed E-state index contributed by atoms with van der Waals surface area (Å²) in [6, 6.07) is 16.3. The number of hydrogen-bond acceptors (Lipinski definition) is 7. The molecule has 2 amide bonds. The molecule has 2 aromatic carbocycles. The standard InChI is InChI=1S/C43H53N3O7/c1-6-29-23-43(29,41(50)51)24-37(47)36-20-31(26-46(36)39(48)21-33(42(2,3)4)40(49)44-25-27-13-9-7-10-14-27)53-38-22-34(28-15-11-8-12-16-28)45-35-19-30(52-5)17-18-32(35)38/h6,8,11-12,15-19,22,27,29,31,33,36H,1,7,9-10,13-14,20-21,23-26H2,2-5H3,(H,44,49)(H,50,51)/t29?,31-,33-,36+,43-/m1/s1. The number of pyridine rings is 1. The van der Waals surface area contributed by atoms with E-state index in [0.29, 0.717) is 41.6 Å². The number of benzene rings is 2. The zero-order valence-corrected chi connectivity index (χ0v) is 31.4. The number of Topliss-reactive ketones (excluding diaryl/α,β-unsaturated/α-hetero) is 1. The molecule has 3 fully saturated rings. The molecule has 282 valence electrons. The van der Waals surface area contributed by atoms with E-state index in [2.05, 4.69) is 11.9 Å². The van der Waals surface area contributed by atoms with Gasteiger partial charge in [0.15, 0.2) is 5.78 Å². The fourth-order valence-corrected chi connectivity index (χ4v) is 8.24. The Bertz CT molecular complexity index is 1850. The number of ether oxygens (including phenoxy) is 2. The number of carbonyl (C=O) groups excluding carboxylic acids is 3. The van der Waals surface area contributed by atoms with E-state index >= 15 is 0 Å². The summed E-state index contributed by atoms with van der Waals surface area (Å²) >= 11 is 0. The van der Waals surface area contributed by atoms with Crippen LogP contribution in [0.1, 0.15) is 78.6 Å². The normalized spacial score (nSPS) is 23.6. The van der Waals surface area contributed by atoms with Crippen LogP contribution in [0.5, 0.6) is 11.5 Å². The van der Waals surface area contributed by atoms with Crippen LogP contribution in [0, 0.1) is 28.6 Å². The maximum atomic E-state index is 14.4. The number of aromatic nitrogens is 1. The van der Waals surface area contributed by atoms with Crippen molar-refractivity contribution in [3.8, 4) is 22.8 Å². The summed E-state index contributed by atoms with van der Waals surface area (Å²) in [6.07, 6.45) is 7.01. The van der Waals surface area contributed by atoms with Crippen LogP contribution in [0.25, 0.3) is 22.2 Å². The molecule has 5 atom stereocenters. The van der Waals surface area contributed by atoms with Crippen LogP contribution in [-0.4, -0.2) is 70.9 Å². The second kappa shape index (κ2) is 15.7. The number of carboxylic acids is 1. The van der Waals surface area contributed by atoms with Gasteiger partial charge in [0.25, 0.3) is 0 Å². The maximum absolute atomic E-state index is 14.4. The highest BCUT2D eigenvalue weighted by atomic mass is 16.5. The zero-order chi connectivity index (χ0) is 37.9. The summed E-state index contributed by atoms with van der Waals surface area (Å²) in [6.45, 7) is 10.4. The predicted octanol–water partition coefficient (Wildman–Crippen LogP) is 7.24. The molecule has 10 heteroatoms. The number of carboxylic acid groups (broad SMARTS) is 1. The third-order valence-corrected chi connectivity index (χ3v) is 11.7. The van der Waals surface area contributed by atoms with Crippen LogP contribution in [-0.2, 0) is 19.2 Å². The molecule has 10 nitrogen and oxygen atoms in total. The fraction of sp³-hybridized carbons (Fsp3) is 0.512. The lowest BCUT2D eigenvalue weighted by atomic mass is 9.77. The highest BCUT2D eigenvalue weighted by Gasteiger charge is 2.61. The Hall–Kier alpha value is -4.73. The molecular formula is C43H53N3O7. The van der Waals surface area contributed by atoms with Crippen molar-refractivity contribution in [2.75, 3.05) is 20.2 Å². The summed E-state index contributed by atoms with van der Waals surface area (Å²) in [7, 11) is 1.60. The van der Waals surface area contributed by atoms with Crippen LogP contribution in [0.15, 0.2) is 67.3 Å². The Balaban J connectivity index is 1.28. The van der Waals surface area contributed by atoms with E-state index < -0.39 is 34.9 Å². The first-order valence-electron chi connectivity index (χ1n) is 19.0.